The highest BCUT2D eigenvalue weighted by Crippen LogP contribution is 2.29. The number of amides is 2. The first kappa shape index (κ1) is 38.0. The molecule has 2 aliphatic rings. The van der Waals surface area contributed by atoms with Crippen molar-refractivity contribution in [1.82, 2.24) is 15.1 Å². The van der Waals surface area contributed by atoms with Crippen molar-refractivity contribution in [1.29, 1.82) is 0 Å². The number of nitrogens with one attached hydrogen (secondary N) is 1. The molecule has 2 aromatic rings. The highest BCUT2D eigenvalue weighted by Gasteiger charge is 2.35. The number of likely N-dealkylation sites (tertiary alicyclic amines) is 1. The van der Waals surface area contributed by atoms with Crippen molar-refractivity contribution >= 4 is 24.3 Å². The molecule has 1 fully saturated rings. The zero-order chi connectivity index (χ0) is 35.4. The molecule has 0 saturated carbocycles. The van der Waals surface area contributed by atoms with Gasteiger partial charge in [-0.3, -0.25) is 14.9 Å². The van der Waals surface area contributed by atoms with Crippen LogP contribution in [0.5, 0.6) is 0 Å². The van der Waals surface area contributed by atoms with Crippen LogP contribution >= 0.6 is 0 Å². The number of benzene rings is 2. The monoisotopic (exact) mass is 677 g/mol. The third-order valence-corrected chi connectivity index (χ3v) is 9.43. The van der Waals surface area contributed by atoms with E-state index in [9.17, 15) is 19.2 Å². The lowest BCUT2D eigenvalue weighted by atomic mass is 9.82. The second-order valence-electron chi connectivity index (χ2n) is 14.3. The summed E-state index contributed by atoms with van der Waals surface area (Å²) in [6.45, 7) is 10.9. The first-order valence-electron chi connectivity index (χ1n) is 17.8. The van der Waals surface area contributed by atoms with E-state index in [4.69, 9.17) is 14.2 Å². The van der Waals surface area contributed by atoms with Gasteiger partial charge in [0.25, 0.3) is 0 Å². The number of ether oxygens (including phenoxy) is 3. The van der Waals surface area contributed by atoms with Gasteiger partial charge < -0.3 is 28.8 Å². The van der Waals surface area contributed by atoms with Crippen molar-refractivity contribution < 1.29 is 33.4 Å². The summed E-state index contributed by atoms with van der Waals surface area (Å²) in [5.41, 5.74) is 2.68. The van der Waals surface area contributed by atoms with Gasteiger partial charge in [-0.15, -0.1) is 0 Å². The van der Waals surface area contributed by atoms with E-state index in [1.165, 1.54) is 11.1 Å². The second kappa shape index (κ2) is 18.3. The third kappa shape index (κ3) is 11.7. The largest absolute Gasteiger partial charge is 0.459 e. The summed E-state index contributed by atoms with van der Waals surface area (Å²) < 4.78 is 17.1. The molecule has 0 spiro atoms. The van der Waals surface area contributed by atoms with Crippen LogP contribution in [0.1, 0.15) is 83.4 Å². The van der Waals surface area contributed by atoms with Gasteiger partial charge in [-0.25, -0.2) is 4.79 Å². The quantitative estimate of drug-likeness (QED) is 0.137. The van der Waals surface area contributed by atoms with Gasteiger partial charge in [0.1, 0.15) is 31.3 Å². The Morgan fingerprint density at radius 2 is 1.61 bits per heavy atom. The van der Waals surface area contributed by atoms with E-state index in [2.05, 4.69) is 17.4 Å². The molecule has 2 aromatic carbocycles. The van der Waals surface area contributed by atoms with Crippen LogP contribution in [0.4, 0.5) is 4.79 Å². The summed E-state index contributed by atoms with van der Waals surface area (Å²) in [5, 5.41) is 3.37. The maximum atomic E-state index is 14.0. The Labute approximate surface area is 291 Å². The van der Waals surface area contributed by atoms with Gasteiger partial charge in [0.2, 0.25) is 5.91 Å². The highest BCUT2D eigenvalue weighted by molar-refractivity contribution is 5.86. The van der Waals surface area contributed by atoms with Crippen LogP contribution in [0, 0.1) is 11.8 Å². The molecule has 1 N–H and O–H groups in total. The van der Waals surface area contributed by atoms with Gasteiger partial charge in [0.05, 0.1) is 6.04 Å². The van der Waals surface area contributed by atoms with E-state index in [-0.39, 0.29) is 49.3 Å². The normalized spacial score (nSPS) is 17.1. The van der Waals surface area contributed by atoms with Crippen molar-refractivity contribution in [3.63, 3.8) is 0 Å². The molecule has 1 unspecified atom stereocenters. The fraction of sp³-hybridized carbons (Fsp3) is 0.590. The van der Waals surface area contributed by atoms with Gasteiger partial charge in [-0.1, -0.05) is 54.6 Å². The van der Waals surface area contributed by atoms with Crippen molar-refractivity contribution in [2.24, 2.45) is 11.8 Å². The summed E-state index contributed by atoms with van der Waals surface area (Å²) in [6.07, 6.45) is 5.29. The molecule has 49 heavy (non-hydrogen) atoms. The fourth-order valence-electron chi connectivity index (χ4n) is 6.95. The van der Waals surface area contributed by atoms with Gasteiger partial charge >= 0.3 is 12.1 Å². The molecule has 2 amide bonds. The Bertz CT molecular complexity index is 1350. The zero-order valence-corrected chi connectivity index (χ0v) is 29.9. The van der Waals surface area contributed by atoms with Crippen molar-refractivity contribution in [3.8, 4) is 0 Å². The predicted octanol–water partition coefficient (Wildman–Crippen LogP) is 5.70. The molecule has 1 aliphatic carbocycles. The van der Waals surface area contributed by atoms with Gasteiger partial charge in [0.15, 0.2) is 0 Å². The summed E-state index contributed by atoms with van der Waals surface area (Å²) in [5.74, 6) is -0.517. The SMILES string of the molecule is CCOC(CCC[C@H](C=O)C1CCN(C(=O)OCc2ccccc2)CC1)N[C@@H](C)C(=O)N(CC(=O)OC(C)(C)C)C1Cc2ccccc2C1. The summed E-state index contributed by atoms with van der Waals surface area (Å²) >= 11 is 0. The van der Waals surface area contributed by atoms with Gasteiger partial charge in [0, 0.05) is 31.7 Å². The molecule has 268 valence electrons. The van der Waals surface area contributed by atoms with Crippen molar-refractivity contribution in [2.45, 2.75) is 110 Å². The molecular formula is C39H55N3O7. The second-order valence-corrected chi connectivity index (χ2v) is 14.3. The lowest BCUT2D eigenvalue weighted by Crippen LogP contribution is -2.54. The average Bonchev–Trinajstić information content (AvgIpc) is 3.52. The van der Waals surface area contributed by atoms with Crippen LogP contribution in [0.25, 0.3) is 0 Å². The molecule has 1 saturated heterocycles. The van der Waals surface area contributed by atoms with E-state index < -0.39 is 17.6 Å². The number of carbonyl (C=O) groups excluding carboxylic acids is 4. The minimum absolute atomic E-state index is 0.114. The first-order valence-corrected chi connectivity index (χ1v) is 17.8. The van der Waals surface area contributed by atoms with Crippen molar-refractivity contribution in [2.75, 3.05) is 26.2 Å². The predicted molar refractivity (Wildman–Crippen MR) is 188 cm³/mol. The van der Waals surface area contributed by atoms with Crippen molar-refractivity contribution in [3.05, 3.63) is 71.3 Å². The Balaban J connectivity index is 1.27. The Morgan fingerprint density at radius 1 is 0.980 bits per heavy atom. The number of piperidine rings is 1. The Hall–Kier alpha value is -3.76. The third-order valence-electron chi connectivity index (χ3n) is 9.43. The molecular weight excluding hydrogens is 622 g/mol. The molecule has 10 nitrogen and oxygen atoms in total. The van der Waals surface area contributed by atoms with Gasteiger partial charge in [-0.2, -0.15) is 0 Å². The van der Waals surface area contributed by atoms with Crippen LogP contribution < -0.4 is 5.32 Å². The van der Waals surface area contributed by atoms with Crippen LogP contribution in [0.15, 0.2) is 54.6 Å². The standard InChI is InChI=1S/C39H55N3O7/c1-6-47-35(18-12-17-33(26-43)30-19-21-41(22-20-30)38(46)48-27-29-13-8-7-9-14-29)40-28(2)37(45)42(25-36(44)49-39(3,4)5)34-23-31-15-10-11-16-32(31)24-34/h7-11,13-16,26,28,30,33-35,40H,6,12,17-25,27H2,1-5H3/t28-,33+,35?/m0/s1. The average molecular weight is 678 g/mol. The number of carbonyl (C=O) groups is 4. The minimum atomic E-state index is -0.654. The number of aldehydes is 1. The van der Waals surface area contributed by atoms with Crippen LogP contribution in [0.2, 0.25) is 0 Å². The lowest BCUT2D eigenvalue weighted by molar-refractivity contribution is -0.160. The summed E-state index contributed by atoms with van der Waals surface area (Å²) in [4.78, 5) is 55.1. The zero-order valence-electron chi connectivity index (χ0n) is 29.9. The Kier molecular flexibility index (Phi) is 14.2. The van der Waals surface area contributed by atoms with Crippen LogP contribution in [-0.2, 0) is 48.0 Å². The van der Waals surface area contributed by atoms with E-state index >= 15 is 0 Å². The maximum Gasteiger partial charge on any atom is 0.410 e. The maximum absolute atomic E-state index is 14.0. The van der Waals surface area contributed by atoms with E-state index in [1.807, 2.05) is 77.1 Å². The molecule has 3 atom stereocenters. The molecule has 1 heterocycles. The molecule has 0 bridgehead atoms. The van der Waals surface area contributed by atoms with E-state index in [0.717, 1.165) is 31.1 Å². The van der Waals surface area contributed by atoms with E-state index in [1.54, 1.807) is 9.80 Å². The highest BCUT2D eigenvalue weighted by atomic mass is 16.6. The van der Waals surface area contributed by atoms with Gasteiger partial charge in [-0.05, 0) is 102 Å². The number of rotatable bonds is 16. The lowest BCUT2D eigenvalue weighted by Gasteiger charge is -2.34. The molecule has 10 heteroatoms. The summed E-state index contributed by atoms with van der Waals surface area (Å²) in [7, 11) is 0. The number of esters is 1. The molecule has 0 radical (unpaired) electrons. The molecule has 4 rings (SSSR count). The topological polar surface area (TPSA) is 114 Å². The molecule has 0 aromatic heterocycles. The molecule has 1 aliphatic heterocycles. The smallest absolute Gasteiger partial charge is 0.410 e. The number of hydrogen-bond donors (Lipinski definition) is 1. The Morgan fingerprint density at radius 3 is 2.20 bits per heavy atom. The minimum Gasteiger partial charge on any atom is -0.459 e. The van der Waals surface area contributed by atoms with Crippen LogP contribution in [-0.4, -0.2) is 84.2 Å². The van der Waals surface area contributed by atoms with E-state index in [0.29, 0.717) is 45.4 Å². The fourth-order valence-corrected chi connectivity index (χ4v) is 6.95. The first-order chi connectivity index (χ1) is 23.5. The summed E-state index contributed by atoms with van der Waals surface area (Å²) in [6, 6.07) is 17.0. The van der Waals surface area contributed by atoms with Crippen LogP contribution in [0.3, 0.4) is 0 Å². The number of hydrogen-bond acceptors (Lipinski definition) is 8. The number of fused-ring (bicyclic) bond motifs is 1. The number of nitrogens with zero attached hydrogens (tertiary/aromatic N) is 2.